The van der Waals surface area contributed by atoms with Crippen molar-refractivity contribution in [3.63, 3.8) is 0 Å². The molecule has 4 rings (SSSR count). The number of carbonyl (C=O) groups excluding carboxylic acids is 2. The monoisotopic (exact) mass is 487 g/mol. The number of unbranched alkanes of at least 4 members (excludes halogenated alkanes) is 6. The molecule has 0 aliphatic carbocycles. The minimum absolute atomic E-state index is 0.298. The summed E-state index contributed by atoms with van der Waals surface area (Å²) in [5.41, 5.74) is 3.48. The number of methoxy groups -OCH3 is 2. The first-order valence-electron chi connectivity index (χ1n) is 12.8. The predicted octanol–water partition coefficient (Wildman–Crippen LogP) is 6.09. The molecule has 188 valence electrons. The number of pyridine rings is 1. The van der Waals surface area contributed by atoms with Gasteiger partial charge in [-0.2, -0.15) is 4.57 Å². The molecule has 0 saturated heterocycles. The molecule has 6 nitrogen and oxygen atoms in total. The van der Waals surface area contributed by atoms with Crippen molar-refractivity contribution in [2.24, 2.45) is 0 Å². The first-order valence-corrected chi connectivity index (χ1v) is 12.8. The number of fused-ring (bicyclic) bond motifs is 2. The van der Waals surface area contributed by atoms with Crippen LogP contribution < -0.4 is 4.57 Å². The number of aryl methyl sites for hydroxylation is 2. The second-order valence-corrected chi connectivity index (χ2v) is 9.22. The largest absolute Gasteiger partial charge is 0.465 e. The van der Waals surface area contributed by atoms with Gasteiger partial charge in [0.05, 0.1) is 19.8 Å². The number of carbonyl (C=O) groups is 2. The molecule has 0 aliphatic heterocycles. The van der Waals surface area contributed by atoms with Crippen molar-refractivity contribution in [2.75, 3.05) is 14.2 Å². The van der Waals surface area contributed by atoms with Gasteiger partial charge < -0.3 is 14.0 Å². The average Bonchev–Trinajstić information content (AvgIpc) is 3.33. The van der Waals surface area contributed by atoms with Crippen LogP contribution in [0.25, 0.3) is 21.8 Å². The lowest BCUT2D eigenvalue weighted by molar-refractivity contribution is -0.672. The zero-order valence-electron chi connectivity index (χ0n) is 21.2. The van der Waals surface area contributed by atoms with E-state index in [-0.39, 0.29) is 11.9 Å². The summed E-state index contributed by atoms with van der Waals surface area (Å²) in [5, 5.41) is 2.13. The first-order chi connectivity index (χ1) is 17.6. The van der Waals surface area contributed by atoms with E-state index in [0.717, 1.165) is 47.7 Å². The molecule has 2 aromatic heterocycles. The van der Waals surface area contributed by atoms with E-state index in [9.17, 15) is 9.59 Å². The average molecular weight is 488 g/mol. The first kappa shape index (κ1) is 25.4. The molecule has 0 bridgehead atoms. The van der Waals surface area contributed by atoms with E-state index < -0.39 is 0 Å². The molecule has 36 heavy (non-hydrogen) atoms. The van der Waals surface area contributed by atoms with Crippen LogP contribution in [0.2, 0.25) is 0 Å². The second kappa shape index (κ2) is 12.3. The Bertz CT molecular complexity index is 1340. The van der Waals surface area contributed by atoms with Crippen LogP contribution >= 0.6 is 0 Å². The molecule has 4 aromatic rings. The van der Waals surface area contributed by atoms with Gasteiger partial charge in [0.2, 0.25) is 5.52 Å². The Morgan fingerprint density at radius 3 is 2.19 bits per heavy atom. The van der Waals surface area contributed by atoms with Crippen LogP contribution in [0.5, 0.6) is 0 Å². The van der Waals surface area contributed by atoms with Crippen LogP contribution in [-0.2, 0) is 22.6 Å². The summed E-state index contributed by atoms with van der Waals surface area (Å²) in [6, 6.07) is 17.8. The van der Waals surface area contributed by atoms with E-state index in [2.05, 4.69) is 27.5 Å². The van der Waals surface area contributed by atoms with Gasteiger partial charge in [0.25, 0.3) is 0 Å². The van der Waals surface area contributed by atoms with Gasteiger partial charge in [0.15, 0.2) is 6.20 Å². The normalized spacial score (nSPS) is 11.2. The Morgan fingerprint density at radius 2 is 1.42 bits per heavy atom. The summed E-state index contributed by atoms with van der Waals surface area (Å²) < 4.78 is 14.2. The molecule has 6 heteroatoms. The Hall–Kier alpha value is -3.67. The van der Waals surface area contributed by atoms with Crippen LogP contribution in [-0.4, -0.2) is 30.7 Å². The highest BCUT2D eigenvalue weighted by molar-refractivity contribution is 5.95. The van der Waals surface area contributed by atoms with Crippen molar-refractivity contribution in [3.05, 3.63) is 78.1 Å². The molecule has 0 spiro atoms. The topological polar surface area (TPSA) is 61.4 Å². The fraction of sp³-hybridized carbons (Fsp3) is 0.367. The van der Waals surface area contributed by atoms with Crippen molar-refractivity contribution in [2.45, 2.75) is 58.0 Å². The Morgan fingerprint density at radius 1 is 0.750 bits per heavy atom. The molecule has 0 amide bonds. The van der Waals surface area contributed by atoms with Gasteiger partial charge in [0, 0.05) is 41.5 Å². The van der Waals surface area contributed by atoms with Gasteiger partial charge in [0.1, 0.15) is 12.1 Å². The molecule has 0 radical (unpaired) electrons. The van der Waals surface area contributed by atoms with Crippen LogP contribution in [0, 0.1) is 0 Å². The third kappa shape index (κ3) is 6.11. The molecule has 0 atom stereocenters. The lowest BCUT2D eigenvalue weighted by Gasteiger charge is -2.07. The lowest BCUT2D eigenvalue weighted by Crippen LogP contribution is -2.35. The van der Waals surface area contributed by atoms with Crippen LogP contribution in [0.1, 0.15) is 65.7 Å². The number of nitrogens with zero attached hydrogens (tertiary/aromatic N) is 2. The molecule has 2 aromatic carbocycles. The van der Waals surface area contributed by atoms with Gasteiger partial charge in [-0.05, 0) is 49.2 Å². The van der Waals surface area contributed by atoms with Gasteiger partial charge in [-0.15, -0.1) is 0 Å². The maximum absolute atomic E-state index is 12.0. The highest BCUT2D eigenvalue weighted by atomic mass is 16.5. The summed E-state index contributed by atoms with van der Waals surface area (Å²) in [5.74, 6) is -0.598. The minimum Gasteiger partial charge on any atom is -0.465 e. The Balaban J connectivity index is 1.17. The number of aromatic nitrogens is 2. The SMILES string of the molecule is COC(=O)c1ccc2c(ccn2CCCCCCCCC[n+]2cc(C(=O)OC)cc3ccccc32)c1. The summed E-state index contributed by atoms with van der Waals surface area (Å²) in [7, 11) is 2.83. The molecule has 0 saturated carbocycles. The minimum atomic E-state index is -0.300. The van der Waals surface area contributed by atoms with Crippen molar-refractivity contribution < 1.29 is 23.6 Å². The zero-order valence-corrected chi connectivity index (χ0v) is 21.2. The summed E-state index contributed by atoms with van der Waals surface area (Å²) in [4.78, 5) is 23.8. The van der Waals surface area contributed by atoms with E-state index in [1.54, 1.807) is 0 Å². The Kier molecular flexibility index (Phi) is 8.71. The van der Waals surface area contributed by atoms with Crippen LogP contribution in [0.15, 0.2) is 67.0 Å². The summed E-state index contributed by atoms with van der Waals surface area (Å²) >= 11 is 0. The highest BCUT2D eigenvalue weighted by Crippen LogP contribution is 2.20. The Labute approximate surface area is 212 Å². The second-order valence-electron chi connectivity index (χ2n) is 9.22. The van der Waals surface area contributed by atoms with Gasteiger partial charge in [-0.25, -0.2) is 9.59 Å². The van der Waals surface area contributed by atoms with Crippen LogP contribution in [0.4, 0.5) is 0 Å². The molecular formula is C30H35N2O4+. The van der Waals surface area contributed by atoms with Crippen LogP contribution in [0.3, 0.4) is 0 Å². The zero-order chi connectivity index (χ0) is 25.3. The maximum atomic E-state index is 12.0. The van der Waals surface area contributed by atoms with E-state index in [4.69, 9.17) is 9.47 Å². The predicted molar refractivity (Wildman–Crippen MR) is 141 cm³/mol. The fourth-order valence-corrected chi connectivity index (χ4v) is 4.82. The summed E-state index contributed by atoms with van der Waals surface area (Å²) in [6.45, 7) is 1.88. The number of hydrogen-bond acceptors (Lipinski definition) is 4. The smallest absolute Gasteiger partial charge is 0.343 e. The number of esters is 2. The molecule has 2 heterocycles. The van der Waals surface area contributed by atoms with E-state index >= 15 is 0 Å². The number of para-hydroxylation sites is 1. The molecule has 0 aliphatic rings. The quantitative estimate of drug-likeness (QED) is 0.138. The van der Waals surface area contributed by atoms with Gasteiger partial charge in [-0.3, -0.25) is 0 Å². The molecule has 0 N–H and O–H groups in total. The molecular weight excluding hydrogens is 452 g/mol. The number of benzene rings is 2. The van der Waals surface area contributed by atoms with Crippen molar-refractivity contribution in [1.29, 1.82) is 0 Å². The van der Waals surface area contributed by atoms with Crippen molar-refractivity contribution in [1.82, 2.24) is 4.57 Å². The highest BCUT2D eigenvalue weighted by Gasteiger charge is 2.16. The van der Waals surface area contributed by atoms with E-state index in [0.29, 0.717) is 11.1 Å². The van der Waals surface area contributed by atoms with E-state index in [1.165, 1.54) is 46.3 Å². The lowest BCUT2D eigenvalue weighted by atomic mass is 10.1. The number of hydrogen-bond donors (Lipinski definition) is 0. The standard InChI is InChI=1S/C30H35N2O4/c1-35-29(33)25-14-15-28-24(20-25)16-19-31(28)17-10-6-4-3-5-7-11-18-32-22-26(30(34)36-2)21-23-12-8-9-13-27(23)32/h8-9,12-16,19-22H,3-7,10-11,17-18H2,1-2H3/q+1. The number of ether oxygens (including phenoxy) is 2. The van der Waals surface area contributed by atoms with Crippen molar-refractivity contribution in [3.8, 4) is 0 Å². The third-order valence-electron chi connectivity index (χ3n) is 6.76. The van der Waals surface area contributed by atoms with Crippen molar-refractivity contribution >= 4 is 33.7 Å². The maximum Gasteiger partial charge on any atom is 0.343 e. The fourth-order valence-electron chi connectivity index (χ4n) is 4.82. The van der Waals surface area contributed by atoms with Gasteiger partial charge in [-0.1, -0.05) is 37.8 Å². The molecule has 0 unspecified atom stereocenters. The summed E-state index contributed by atoms with van der Waals surface area (Å²) in [6.07, 6.45) is 12.3. The van der Waals surface area contributed by atoms with E-state index in [1.807, 2.05) is 48.7 Å². The molecule has 0 fully saturated rings. The third-order valence-corrected chi connectivity index (χ3v) is 6.76. The van der Waals surface area contributed by atoms with Gasteiger partial charge >= 0.3 is 11.9 Å². The number of rotatable bonds is 12.